The van der Waals surface area contributed by atoms with E-state index >= 15 is 0 Å². The Morgan fingerprint density at radius 2 is 2.06 bits per heavy atom. The van der Waals surface area contributed by atoms with Crippen LogP contribution in [0.3, 0.4) is 0 Å². The van der Waals surface area contributed by atoms with Crippen molar-refractivity contribution in [2.45, 2.75) is 6.92 Å². The second kappa shape index (κ2) is 4.63. The van der Waals surface area contributed by atoms with Crippen molar-refractivity contribution in [1.82, 2.24) is 4.98 Å². The Bertz CT molecular complexity index is 555. The molecule has 0 saturated heterocycles. The summed E-state index contributed by atoms with van der Waals surface area (Å²) in [6.07, 6.45) is 3.34. The predicted octanol–water partition coefficient (Wildman–Crippen LogP) is 3.42. The van der Waals surface area contributed by atoms with Gasteiger partial charge < -0.3 is 9.84 Å². The van der Waals surface area contributed by atoms with Gasteiger partial charge in [0.25, 0.3) is 0 Å². The number of rotatable bonds is 2. The summed E-state index contributed by atoms with van der Waals surface area (Å²) in [7, 11) is 1.60. The smallest absolute Gasteiger partial charge is 0.144 e. The van der Waals surface area contributed by atoms with Crippen molar-refractivity contribution < 1.29 is 9.84 Å². The highest BCUT2D eigenvalue weighted by atomic mass is 35.5. The summed E-state index contributed by atoms with van der Waals surface area (Å²) >= 11 is 5.92. The van der Waals surface area contributed by atoms with Crippen LogP contribution in [0.25, 0.3) is 11.1 Å². The maximum atomic E-state index is 9.52. The van der Waals surface area contributed by atoms with Crippen LogP contribution in [0.15, 0.2) is 30.6 Å². The van der Waals surface area contributed by atoms with Gasteiger partial charge in [0.1, 0.15) is 11.5 Å². The molecule has 1 aromatic heterocycles. The van der Waals surface area contributed by atoms with E-state index in [0.717, 1.165) is 16.7 Å². The van der Waals surface area contributed by atoms with Gasteiger partial charge in [0.15, 0.2) is 0 Å². The highest BCUT2D eigenvalue weighted by molar-refractivity contribution is 6.32. The Labute approximate surface area is 105 Å². The number of aromatic nitrogens is 1. The lowest BCUT2D eigenvalue weighted by Gasteiger charge is -2.11. The summed E-state index contributed by atoms with van der Waals surface area (Å²) in [5.74, 6) is 0.762. The molecule has 0 aliphatic heterocycles. The molecule has 88 valence electrons. The first-order chi connectivity index (χ1) is 8.13. The third kappa shape index (κ3) is 2.19. The van der Waals surface area contributed by atoms with Crippen molar-refractivity contribution in [2.24, 2.45) is 0 Å². The molecule has 0 atom stereocenters. The topological polar surface area (TPSA) is 42.4 Å². The average molecular weight is 250 g/mol. The Morgan fingerprint density at radius 3 is 2.76 bits per heavy atom. The molecule has 0 bridgehead atoms. The van der Waals surface area contributed by atoms with Crippen LogP contribution in [0.4, 0.5) is 0 Å². The summed E-state index contributed by atoms with van der Waals surface area (Å²) in [6, 6.07) is 5.22. The molecule has 3 nitrogen and oxygen atoms in total. The number of hydrogen-bond acceptors (Lipinski definition) is 3. The third-order valence-corrected chi connectivity index (χ3v) is 2.89. The first kappa shape index (κ1) is 11.7. The number of hydrogen-bond donors (Lipinski definition) is 1. The third-order valence-electron chi connectivity index (χ3n) is 2.59. The van der Waals surface area contributed by atoms with Gasteiger partial charge in [0, 0.05) is 11.8 Å². The molecule has 0 saturated carbocycles. The van der Waals surface area contributed by atoms with E-state index in [0.29, 0.717) is 10.8 Å². The lowest BCUT2D eigenvalue weighted by molar-refractivity contribution is 0.414. The number of phenols is 1. The van der Waals surface area contributed by atoms with Crippen LogP contribution in [0.5, 0.6) is 11.5 Å². The summed E-state index contributed by atoms with van der Waals surface area (Å²) in [5, 5.41) is 9.85. The summed E-state index contributed by atoms with van der Waals surface area (Å²) in [6.45, 7) is 1.91. The Hall–Kier alpha value is -1.74. The first-order valence-corrected chi connectivity index (χ1v) is 5.48. The molecule has 0 amide bonds. The molecule has 0 aliphatic carbocycles. The van der Waals surface area contributed by atoms with Crippen LogP contribution in [0.2, 0.25) is 5.02 Å². The van der Waals surface area contributed by atoms with Crippen molar-refractivity contribution in [3.8, 4) is 22.6 Å². The second-order valence-electron chi connectivity index (χ2n) is 3.69. The molecule has 17 heavy (non-hydrogen) atoms. The van der Waals surface area contributed by atoms with E-state index in [-0.39, 0.29) is 5.75 Å². The fourth-order valence-corrected chi connectivity index (χ4v) is 1.89. The van der Waals surface area contributed by atoms with Gasteiger partial charge in [-0.05, 0) is 36.2 Å². The van der Waals surface area contributed by atoms with Gasteiger partial charge in [-0.15, -0.1) is 0 Å². The first-order valence-electron chi connectivity index (χ1n) is 5.11. The highest BCUT2D eigenvalue weighted by Gasteiger charge is 2.11. The van der Waals surface area contributed by atoms with Gasteiger partial charge in [-0.25, -0.2) is 0 Å². The molecular formula is C13H12ClNO2. The van der Waals surface area contributed by atoms with E-state index in [2.05, 4.69) is 4.98 Å². The predicted molar refractivity (Wildman–Crippen MR) is 67.6 cm³/mol. The molecule has 0 radical (unpaired) electrons. The maximum absolute atomic E-state index is 9.52. The molecular weight excluding hydrogens is 238 g/mol. The van der Waals surface area contributed by atoms with Gasteiger partial charge in [-0.2, -0.15) is 0 Å². The van der Waals surface area contributed by atoms with Gasteiger partial charge in [-0.3, -0.25) is 4.98 Å². The van der Waals surface area contributed by atoms with E-state index in [4.69, 9.17) is 16.3 Å². The molecule has 0 unspecified atom stereocenters. The number of methoxy groups -OCH3 is 1. The minimum absolute atomic E-state index is 0.0842. The van der Waals surface area contributed by atoms with Gasteiger partial charge in [0.2, 0.25) is 0 Å². The molecule has 0 spiro atoms. The Balaban J connectivity index is 2.64. The largest absolute Gasteiger partial charge is 0.506 e. The summed E-state index contributed by atoms with van der Waals surface area (Å²) in [4.78, 5) is 4.00. The zero-order valence-corrected chi connectivity index (χ0v) is 10.3. The molecule has 1 aromatic carbocycles. The van der Waals surface area contributed by atoms with Gasteiger partial charge >= 0.3 is 0 Å². The van der Waals surface area contributed by atoms with Crippen LogP contribution in [0.1, 0.15) is 5.56 Å². The number of ether oxygens (including phenoxy) is 1. The fourth-order valence-electron chi connectivity index (χ4n) is 1.72. The number of aryl methyl sites for hydroxylation is 1. The molecule has 1 heterocycles. The Kier molecular flexibility index (Phi) is 3.20. The zero-order chi connectivity index (χ0) is 12.4. The fraction of sp³-hybridized carbons (Fsp3) is 0.154. The number of nitrogens with zero attached hydrogens (tertiary/aromatic N) is 1. The molecule has 0 aliphatic rings. The monoisotopic (exact) mass is 249 g/mol. The summed E-state index contributed by atoms with van der Waals surface area (Å²) < 4.78 is 5.26. The molecule has 2 rings (SSSR count). The van der Waals surface area contributed by atoms with Crippen molar-refractivity contribution in [2.75, 3.05) is 7.11 Å². The highest BCUT2D eigenvalue weighted by Crippen LogP contribution is 2.36. The van der Waals surface area contributed by atoms with E-state index in [9.17, 15) is 5.11 Å². The van der Waals surface area contributed by atoms with Crippen molar-refractivity contribution in [1.29, 1.82) is 0 Å². The second-order valence-corrected chi connectivity index (χ2v) is 4.10. The maximum Gasteiger partial charge on any atom is 0.144 e. The minimum atomic E-state index is 0.0842. The van der Waals surface area contributed by atoms with Gasteiger partial charge in [0.05, 0.1) is 18.3 Å². The summed E-state index contributed by atoms with van der Waals surface area (Å²) in [5.41, 5.74) is 2.75. The molecule has 2 aromatic rings. The van der Waals surface area contributed by atoms with Crippen molar-refractivity contribution in [3.05, 3.63) is 41.2 Å². The number of phenolic OH excluding ortho intramolecular Hbond substituents is 1. The van der Waals surface area contributed by atoms with Gasteiger partial charge in [-0.1, -0.05) is 11.6 Å². The number of halogens is 1. The van der Waals surface area contributed by atoms with Crippen LogP contribution in [0, 0.1) is 6.92 Å². The molecule has 0 fully saturated rings. The van der Waals surface area contributed by atoms with Crippen LogP contribution in [-0.2, 0) is 0 Å². The van der Waals surface area contributed by atoms with Crippen molar-refractivity contribution >= 4 is 11.6 Å². The number of benzene rings is 1. The SMILES string of the molecule is COc1cnccc1-c1cc(Cl)c(O)cc1C. The van der Waals surface area contributed by atoms with E-state index in [1.807, 2.05) is 13.0 Å². The van der Waals surface area contributed by atoms with Crippen LogP contribution in [-0.4, -0.2) is 17.2 Å². The average Bonchev–Trinajstić information content (AvgIpc) is 2.34. The standard InChI is InChI=1S/C13H12ClNO2/c1-8-5-12(16)11(14)6-10(8)9-3-4-15-7-13(9)17-2/h3-7,16H,1-2H3. The number of pyridine rings is 1. The number of aromatic hydroxyl groups is 1. The Morgan fingerprint density at radius 1 is 1.29 bits per heavy atom. The minimum Gasteiger partial charge on any atom is -0.506 e. The quantitative estimate of drug-likeness (QED) is 0.887. The van der Waals surface area contributed by atoms with E-state index in [1.165, 1.54) is 0 Å². The van der Waals surface area contributed by atoms with Crippen LogP contribution >= 0.6 is 11.6 Å². The normalized spacial score (nSPS) is 10.3. The van der Waals surface area contributed by atoms with E-state index in [1.54, 1.807) is 31.6 Å². The molecule has 4 heteroatoms. The lowest BCUT2D eigenvalue weighted by Crippen LogP contribution is -1.91. The van der Waals surface area contributed by atoms with E-state index < -0.39 is 0 Å². The molecule has 1 N–H and O–H groups in total. The zero-order valence-electron chi connectivity index (χ0n) is 9.57. The van der Waals surface area contributed by atoms with Crippen molar-refractivity contribution in [3.63, 3.8) is 0 Å². The lowest BCUT2D eigenvalue weighted by atomic mass is 10.0. The van der Waals surface area contributed by atoms with Crippen LogP contribution < -0.4 is 4.74 Å².